The average molecular weight is 362 g/mol. The monoisotopic (exact) mass is 362 g/mol. The Bertz CT molecular complexity index is 844. The van der Waals surface area contributed by atoms with Crippen molar-refractivity contribution < 1.29 is 22.5 Å². The molecule has 0 bridgehead atoms. The summed E-state index contributed by atoms with van der Waals surface area (Å²) in [5.41, 5.74) is 1.40. The van der Waals surface area contributed by atoms with E-state index in [2.05, 4.69) is 10.2 Å². The first-order valence-corrected chi connectivity index (χ1v) is 9.10. The first kappa shape index (κ1) is 18.8. The lowest BCUT2D eigenvalue weighted by Crippen LogP contribution is -2.05. The van der Waals surface area contributed by atoms with Crippen molar-refractivity contribution >= 4 is 27.5 Å². The average Bonchev–Trinajstić information content (AvgIpc) is 2.60. The van der Waals surface area contributed by atoms with E-state index in [-0.39, 0.29) is 10.9 Å². The molecule has 7 nitrogen and oxygen atoms in total. The molecular weight excluding hydrogens is 344 g/mol. The fraction of sp³-hybridized carbons (Fsp3) is 0.235. The second kappa shape index (κ2) is 8.50. The minimum atomic E-state index is -4.22. The van der Waals surface area contributed by atoms with E-state index in [1.165, 1.54) is 24.3 Å². The van der Waals surface area contributed by atoms with Gasteiger partial charge >= 0.3 is 5.97 Å². The zero-order valence-electron chi connectivity index (χ0n) is 13.6. The van der Waals surface area contributed by atoms with Gasteiger partial charge in [-0.2, -0.15) is 18.6 Å². The number of azo groups is 1. The number of benzene rings is 2. The fourth-order valence-electron chi connectivity index (χ4n) is 1.86. The maximum Gasteiger partial charge on any atom is 0.338 e. The van der Waals surface area contributed by atoms with Gasteiger partial charge in [-0.3, -0.25) is 4.55 Å². The number of unbranched alkanes of at least 4 members (excludes halogenated alkanes) is 1. The second-order valence-corrected chi connectivity index (χ2v) is 6.63. The highest BCUT2D eigenvalue weighted by atomic mass is 32.2. The Hall–Kier alpha value is -2.58. The van der Waals surface area contributed by atoms with Crippen LogP contribution in [0.3, 0.4) is 0 Å². The number of hydrogen-bond donors (Lipinski definition) is 1. The van der Waals surface area contributed by atoms with E-state index in [9.17, 15) is 13.2 Å². The van der Waals surface area contributed by atoms with Gasteiger partial charge in [-0.25, -0.2) is 4.79 Å². The Kier molecular flexibility index (Phi) is 6.37. The van der Waals surface area contributed by atoms with Gasteiger partial charge in [-0.1, -0.05) is 13.3 Å². The minimum Gasteiger partial charge on any atom is -0.462 e. The summed E-state index contributed by atoms with van der Waals surface area (Å²) in [6, 6.07) is 11.8. The van der Waals surface area contributed by atoms with Gasteiger partial charge in [0.1, 0.15) is 0 Å². The normalized spacial score (nSPS) is 11.6. The number of hydrogen-bond acceptors (Lipinski definition) is 6. The molecular formula is C17H18N2O5S. The Morgan fingerprint density at radius 3 is 2.00 bits per heavy atom. The molecule has 0 saturated heterocycles. The van der Waals surface area contributed by atoms with Crippen molar-refractivity contribution in [3.8, 4) is 0 Å². The lowest BCUT2D eigenvalue weighted by atomic mass is 10.2. The molecule has 0 unspecified atom stereocenters. The summed E-state index contributed by atoms with van der Waals surface area (Å²) in [4.78, 5) is 11.6. The number of esters is 1. The van der Waals surface area contributed by atoms with Crippen molar-refractivity contribution in [1.82, 2.24) is 0 Å². The summed E-state index contributed by atoms with van der Waals surface area (Å²) in [6.45, 7) is 2.42. The summed E-state index contributed by atoms with van der Waals surface area (Å²) in [5, 5.41) is 7.97. The van der Waals surface area contributed by atoms with Crippen LogP contribution in [0, 0.1) is 0 Å². The quantitative estimate of drug-likeness (QED) is 0.342. The van der Waals surface area contributed by atoms with E-state index in [0.29, 0.717) is 23.5 Å². The molecule has 8 heteroatoms. The van der Waals surface area contributed by atoms with E-state index >= 15 is 0 Å². The smallest absolute Gasteiger partial charge is 0.338 e. The third kappa shape index (κ3) is 5.77. The molecule has 0 fully saturated rings. The molecule has 0 atom stereocenters. The van der Waals surface area contributed by atoms with Crippen LogP contribution >= 0.6 is 0 Å². The topological polar surface area (TPSA) is 105 Å². The second-order valence-electron chi connectivity index (χ2n) is 5.21. The predicted octanol–water partition coefficient (Wildman–Crippen LogP) is 4.31. The van der Waals surface area contributed by atoms with Gasteiger partial charge in [0.05, 0.1) is 28.4 Å². The van der Waals surface area contributed by atoms with Gasteiger partial charge in [0.15, 0.2) is 0 Å². The summed E-state index contributed by atoms with van der Waals surface area (Å²) in [6.07, 6.45) is 1.78. The standard InChI is InChI=1S/C17H18N2O5S/c1-2-3-12-24-17(20)13-4-6-14(7-5-13)18-19-15-8-10-16(11-9-15)25(21,22)23/h4-11H,2-3,12H2,1H3,(H,21,22,23)/b19-18+. The highest BCUT2D eigenvalue weighted by Crippen LogP contribution is 2.20. The van der Waals surface area contributed by atoms with E-state index in [1.807, 2.05) is 6.92 Å². The van der Waals surface area contributed by atoms with Crippen molar-refractivity contribution in [1.29, 1.82) is 0 Å². The first-order chi connectivity index (χ1) is 11.9. The van der Waals surface area contributed by atoms with E-state index < -0.39 is 10.1 Å². The van der Waals surface area contributed by atoms with E-state index in [4.69, 9.17) is 9.29 Å². The van der Waals surface area contributed by atoms with Gasteiger partial charge in [0, 0.05) is 0 Å². The molecule has 1 N–H and O–H groups in total. The van der Waals surface area contributed by atoms with Crippen molar-refractivity contribution in [2.45, 2.75) is 24.7 Å². The van der Waals surface area contributed by atoms with Crippen LogP contribution in [0.1, 0.15) is 30.1 Å². The van der Waals surface area contributed by atoms with Crippen LogP contribution in [0.5, 0.6) is 0 Å². The number of nitrogens with zero attached hydrogens (tertiary/aromatic N) is 2. The first-order valence-electron chi connectivity index (χ1n) is 7.66. The van der Waals surface area contributed by atoms with Crippen LogP contribution in [-0.2, 0) is 14.9 Å². The predicted molar refractivity (Wildman–Crippen MR) is 92.1 cm³/mol. The lowest BCUT2D eigenvalue weighted by Gasteiger charge is -2.03. The molecule has 0 saturated carbocycles. The fourth-order valence-corrected chi connectivity index (χ4v) is 2.34. The zero-order valence-corrected chi connectivity index (χ0v) is 14.4. The molecule has 0 aliphatic rings. The van der Waals surface area contributed by atoms with Crippen molar-refractivity contribution in [3.05, 3.63) is 54.1 Å². The molecule has 2 rings (SSSR count). The molecule has 132 valence electrons. The highest BCUT2D eigenvalue weighted by Gasteiger charge is 2.08. The molecule has 0 heterocycles. The van der Waals surface area contributed by atoms with Gasteiger partial charge in [-0.15, -0.1) is 0 Å². The van der Waals surface area contributed by atoms with Crippen LogP contribution < -0.4 is 0 Å². The van der Waals surface area contributed by atoms with Gasteiger partial charge < -0.3 is 4.74 Å². The Morgan fingerprint density at radius 1 is 1.00 bits per heavy atom. The third-order valence-corrected chi connectivity index (χ3v) is 4.12. The maximum absolute atomic E-state index is 11.8. The summed E-state index contributed by atoms with van der Waals surface area (Å²) >= 11 is 0. The number of rotatable bonds is 7. The maximum atomic E-state index is 11.8. The minimum absolute atomic E-state index is 0.211. The largest absolute Gasteiger partial charge is 0.462 e. The number of ether oxygens (including phenoxy) is 1. The van der Waals surface area contributed by atoms with Crippen LogP contribution in [0.2, 0.25) is 0 Å². The molecule has 0 aliphatic heterocycles. The van der Waals surface area contributed by atoms with Crippen molar-refractivity contribution in [2.75, 3.05) is 6.61 Å². The van der Waals surface area contributed by atoms with Crippen molar-refractivity contribution in [3.63, 3.8) is 0 Å². The molecule has 2 aromatic rings. The number of carbonyl (C=O) groups is 1. The van der Waals surface area contributed by atoms with Crippen LogP contribution in [0.15, 0.2) is 63.7 Å². The Morgan fingerprint density at radius 2 is 1.52 bits per heavy atom. The third-order valence-electron chi connectivity index (χ3n) is 3.25. The summed E-state index contributed by atoms with van der Waals surface area (Å²) in [5.74, 6) is -0.377. The molecule has 0 radical (unpaired) electrons. The van der Waals surface area contributed by atoms with E-state index in [0.717, 1.165) is 12.8 Å². The van der Waals surface area contributed by atoms with Gasteiger partial charge in [-0.05, 0) is 55.0 Å². The van der Waals surface area contributed by atoms with Crippen LogP contribution in [0.25, 0.3) is 0 Å². The van der Waals surface area contributed by atoms with E-state index in [1.54, 1.807) is 24.3 Å². The summed E-state index contributed by atoms with van der Waals surface area (Å²) in [7, 11) is -4.22. The van der Waals surface area contributed by atoms with Crippen LogP contribution in [0.4, 0.5) is 11.4 Å². The van der Waals surface area contributed by atoms with Gasteiger partial charge in [0.25, 0.3) is 10.1 Å². The highest BCUT2D eigenvalue weighted by molar-refractivity contribution is 7.85. The SMILES string of the molecule is CCCCOC(=O)c1ccc(/N=N/c2ccc(S(=O)(=O)O)cc2)cc1. The van der Waals surface area contributed by atoms with Crippen molar-refractivity contribution in [2.24, 2.45) is 10.2 Å². The Labute approximate surface area is 146 Å². The molecule has 0 spiro atoms. The molecule has 0 aromatic heterocycles. The molecule has 2 aromatic carbocycles. The van der Waals surface area contributed by atoms with Gasteiger partial charge in [0.2, 0.25) is 0 Å². The number of carbonyl (C=O) groups excluding carboxylic acids is 1. The zero-order chi connectivity index (χ0) is 18.3. The lowest BCUT2D eigenvalue weighted by molar-refractivity contribution is 0.0499. The Balaban J connectivity index is 2.01. The molecule has 0 amide bonds. The molecule has 25 heavy (non-hydrogen) atoms. The summed E-state index contributed by atoms with van der Waals surface area (Å²) < 4.78 is 35.9. The van der Waals surface area contributed by atoms with Crippen LogP contribution in [-0.4, -0.2) is 25.5 Å². The molecule has 0 aliphatic carbocycles.